The van der Waals surface area contributed by atoms with Gasteiger partial charge in [-0.15, -0.1) is 11.8 Å². The van der Waals surface area contributed by atoms with Crippen molar-refractivity contribution in [3.8, 4) is 0 Å². The Labute approximate surface area is 118 Å². The van der Waals surface area contributed by atoms with Gasteiger partial charge in [0.15, 0.2) is 0 Å². The molecule has 1 saturated heterocycles. The molecule has 1 aromatic carbocycles. The molecular weight excluding hydrogens is 258 g/mol. The second-order valence-electron chi connectivity index (χ2n) is 5.25. The number of benzene rings is 1. The van der Waals surface area contributed by atoms with Crippen LogP contribution in [-0.2, 0) is 10.2 Å². The lowest BCUT2D eigenvalue weighted by Crippen LogP contribution is -2.45. The van der Waals surface area contributed by atoms with Crippen LogP contribution >= 0.6 is 11.8 Å². The van der Waals surface area contributed by atoms with Gasteiger partial charge in [0.25, 0.3) is 0 Å². The van der Waals surface area contributed by atoms with E-state index in [0.29, 0.717) is 6.61 Å². The third-order valence-corrected chi connectivity index (χ3v) is 5.57. The molecule has 19 heavy (non-hydrogen) atoms. The number of amides is 1. The zero-order valence-corrected chi connectivity index (χ0v) is 12.0. The van der Waals surface area contributed by atoms with Gasteiger partial charge in [0.2, 0.25) is 0 Å². The quantitative estimate of drug-likeness (QED) is 0.789. The largest absolute Gasteiger partial charge is 0.450 e. The summed E-state index contributed by atoms with van der Waals surface area (Å²) in [5, 5.41) is 0. The molecule has 0 atom stereocenters. The Hall–Kier alpha value is -1.16. The third kappa shape index (κ3) is 2.22. The van der Waals surface area contributed by atoms with Gasteiger partial charge in [-0.3, -0.25) is 0 Å². The van der Waals surface area contributed by atoms with E-state index in [9.17, 15) is 4.79 Å². The van der Waals surface area contributed by atoms with E-state index < -0.39 is 0 Å². The predicted molar refractivity (Wildman–Crippen MR) is 76.7 cm³/mol. The van der Waals surface area contributed by atoms with Crippen molar-refractivity contribution in [3.63, 3.8) is 0 Å². The topological polar surface area (TPSA) is 29.5 Å². The summed E-state index contributed by atoms with van der Waals surface area (Å²) < 4.78 is 5.08. The highest BCUT2D eigenvalue weighted by atomic mass is 32.2. The van der Waals surface area contributed by atoms with Gasteiger partial charge in [-0.25, -0.2) is 4.79 Å². The summed E-state index contributed by atoms with van der Waals surface area (Å²) in [5.41, 5.74) is 1.77. The van der Waals surface area contributed by atoms with E-state index in [1.165, 1.54) is 10.5 Å². The lowest BCUT2D eigenvalue weighted by molar-refractivity contribution is 0.0891. The van der Waals surface area contributed by atoms with Crippen LogP contribution in [0.2, 0.25) is 0 Å². The summed E-state index contributed by atoms with van der Waals surface area (Å²) in [4.78, 5) is 15.0. The first-order valence-corrected chi connectivity index (χ1v) is 7.88. The number of rotatable bonds is 1. The van der Waals surface area contributed by atoms with Gasteiger partial charge in [-0.05, 0) is 31.4 Å². The van der Waals surface area contributed by atoms with E-state index in [1.807, 2.05) is 23.6 Å². The molecule has 0 saturated carbocycles. The van der Waals surface area contributed by atoms with Crippen LogP contribution in [0.4, 0.5) is 4.79 Å². The van der Waals surface area contributed by atoms with Gasteiger partial charge in [0.05, 0.1) is 6.61 Å². The van der Waals surface area contributed by atoms with Crippen molar-refractivity contribution < 1.29 is 9.53 Å². The molecule has 0 unspecified atom stereocenters. The fourth-order valence-electron chi connectivity index (χ4n) is 3.07. The van der Waals surface area contributed by atoms with Crippen LogP contribution in [0, 0.1) is 0 Å². The Morgan fingerprint density at radius 3 is 2.84 bits per heavy atom. The summed E-state index contributed by atoms with van der Waals surface area (Å²) in [5.74, 6) is 1.16. The number of carbonyl (C=O) groups excluding carboxylic acids is 1. The molecule has 0 N–H and O–H groups in total. The standard InChI is InChI=1S/C15H19NO2S/c1-2-18-14(17)16-9-7-15(8-10-16)11-19-13-6-4-3-5-12(13)15/h3-6H,2,7-11H2,1H3. The number of hydrogen-bond acceptors (Lipinski definition) is 3. The second-order valence-corrected chi connectivity index (χ2v) is 6.27. The summed E-state index contributed by atoms with van der Waals surface area (Å²) >= 11 is 1.96. The van der Waals surface area contributed by atoms with E-state index in [4.69, 9.17) is 4.74 Å². The normalized spacial score (nSPS) is 20.4. The van der Waals surface area contributed by atoms with Crippen LogP contribution in [-0.4, -0.2) is 36.4 Å². The van der Waals surface area contributed by atoms with E-state index in [-0.39, 0.29) is 11.5 Å². The van der Waals surface area contributed by atoms with E-state index in [2.05, 4.69) is 24.3 Å². The van der Waals surface area contributed by atoms with Crippen molar-refractivity contribution in [2.24, 2.45) is 0 Å². The number of nitrogens with zero attached hydrogens (tertiary/aromatic N) is 1. The molecule has 0 aliphatic carbocycles. The monoisotopic (exact) mass is 277 g/mol. The molecule has 1 fully saturated rings. The summed E-state index contributed by atoms with van der Waals surface area (Å²) in [6.07, 6.45) is 1.95. The van der Waals surface area contributed by atoms with E-state index >= 15 is 0 Å². The van der Waals surface area contributed by atoms with Gasteiger partial charge >= 0.3 is 6.09 Å². The fraction of sp³-hybridized carbons (Fsp3) is 0.533. The minimum atomic E-state index is -0.156. The minimum Gasteiger partial charge on any atom is -0.450 e. The highest BCUT2D eigenvalue weighted by Crippen LogP contribution is 2.49. The van der Waals surface area contributed by atoms with Gasteiger partial charge in [-0.2, -0.15) is 0 Å². The number of fused-ring (bicyclic) bond motifs is 2. The van der Waals surface area contributed by atoms with Crippen LogP contribution in [0.3, 0.4) is 0 Å². The number of thioether (sulfide) groups is 1. The molecule has 3 rings (SSSR count). The minimum absolute atomic E-state index is 0.156. The number of carbonyl (C=O) groups is 1. The molecule has 2 heterocycles. The van der Waals surface area contributed by atoms with Crippen molar-refractivity contribution >= 4 is 17.9 Å². The third-order valence-electron chi connectivity index (χ3n) is 4.21. The zero-order chi connectivity index (χ0) is 13.3. The first-order chi connectivity index (χ1) is 9.25. The predicted octanol–water partition coefficient (Wildman–Crippen LogP) is 3.28. The van der Waals surface area contributed by atoms with Crippen molar-refractivity contribution in [2.75, 3.05) is 25.4 Å². The summed E-state index contributed by atoms with van der Waals surface area (Å²) in [6, 6.07) is 8.71. The SMILES string of the molecule is CCOC(=O)N1CCC2(CC1)CSc1ccccc12. The van der Waals surface area contributed by atoms with Crippen molar-refractivity contribution in [3.05, 3.63) is 29.8 Å². The summed E-state index contributed by atoms with van der Waals surface area (Å²) in [6.45, 7) is 3.94. The van der Waals surface area contributed by atoms with Crippen molar-refractivity contribution in [1.29, 1.82) is 0 Å². The molecule has 0 bridgehead atoms. The molecule has 2 aliphatic rings. The molecule has 4 heteroatoms. The highest BCUT2D eigenvalue weighted by Gasteiger charge is 2.42. The molecule has 1 spiro atoms. The Kier molecular flexibility index (Phi) is 3.44. The Balaban J connectivity index is 1.72. The van der Waals surface area contributed by atoms with Gasteiger partial charge in [0, 0.05) is 29.2 Å². The fourth-order valence-corrected chi connectivity index (χ4v) is 4.56. The number of piperidine rings is 1. The molecule has 3 nitrogen and oxygen atoms in total. The smallest absolute Gasteiger partial charge is 0.409 e. The Morgan fingerprint density at radius 2 is 2.11 bits per heavy atom. The molecular formula is C15H19NO2S. The second kappa shape index (κ2) is 5.08. The molecule has 2 aliphatic heterocycles. The Morgan fingerprint density at radius 1 is 1.37 bits per heavy atom. The molecule has 102 valence electrons. The number of likely N-dealkylation sites (tertiary alicyclic amines) is 1. The number of hydrogen-bond donors (Lipinski definition) is 0. The van der Waals surface area contributed by atoms with Crippen LogP contribution in [0.15, 0.2) is 29.2 Å². The van der Waals surface area contributed by atoms with Crippen LogP contribution in [0.25, 0.3) is 0 Å². The van der Waals surface area contributed by atoms with Crippen LogP contribution in [0.5, 0.6) is 0 Å². The van der Waals surface area contributed by atoms with E-state index in [1.54, 1.807) is 0 Å². The first kappa shape index (κ1) is 12.9. The lowest BCUT2D eigenvalue weighted by Gasteiger charge is -2.39. The average molecular weight is 277 g/mol. The molecule has 1 amide bonds. The molecule has 0 aromatic heterocycles. The maximum Gasteiger partial charge on any atom is 0.409 e. The average Bonchev–Trinajstić information content (AvgIpc) is 2.80. The van der Waals surface area contributed by atoms with Crippen molar-refractivity contribution in [2.45, 2.75) is 30.1 Å². The zero-order valence-electron chi connectivity index (χ0n) is 11.2. The number of ether oxygens (including phenoxy) is 1. The van der Waals surface area contributed by atoms with E-state index in [0.717, 1.165) is 31.7 Å². The van der Waals surface area contributed by atoms with Gasteiger partial charge in [-0.1, -0.05) is 18.2 Å². The maximum atomic E-state index is 11.7. The van der Waals surface area contributed by atoms with Crippen molar-refractivity contribution in [1.82, 2.24) is 4.90 Å². The summed E-state index contributed by atoms with van der Waals surface area (Å²) in [7, 11) is 0. The molecule has 0 radical (unpaired) electrons. The van der Waals surface area contributed by atoms with Gasteiger partial charge in [0.1, 0.15) is 0 Å². The lowest BCUT2D eigenvalue weighted by atomic mass is 9.74. The molecule has 1 aromatic rings. The van der Waals surface area contributed by atoms with Crippen LogP contribution < -0.4 is 0 Å². The Bertz CT molecular complexity index is 481. The van der Waals surface area contributed by atoms with Gasteiger partial charge < -0.3 is 9.64 Å². The maximum absolute atomic E-state index is 11.7. The highest BCUT2D eigenvalue weighted by molar-refractivity contribution is 7.99. The van der Waals surface area contributed by atoms with Crippen LogP contribution in [0.1, 0.15) is 25.3 Å². The first-order valence-electron chi connectivity index (χ1n) is 6.89.